The predicted molar refractivity (Wildman–Crippen MR) is 101 cm³/mol. The molecule has 0 aliphatic heterocycles. The quantitative estimate of drug-likeness (QED) is 0.424. The maximum Gasteiger partial charge on any atom is 0.185 e. The van der Waals surface area contributed by atoms with E-state index in [4.69, 9.17) is 11.6 Å². The van der Waals surface area contributed by atoms with Crippen molar-refractivity contribution in [2.75, 3.05) is 0 Å². The molecule has 0 aliphatic carbocycles. The van der Waals surface area contributed by atoms with Gasteiger partial charge in [-0.25, -0.2) is 0 Å². The van der Waals surface area contributed by atoms with Crippen LogP contribution in [-0.4, -0.2) is 5.78 Å². The molecule has 0 fully saturated rings. The molecule has 0 saturated carbocycles. The molecule has 0 saturated heterocycles. The van der Waals surface area contributed by atoms with E-state index in [9.17, 15) is 4.79 Å². The predicted octanol–water partition coefficient (Wildman–Crippen LogP) is 5.83. The number of rotatable bonds is 5. The summed E-state index contributed by atoms with van der Waals surface area (Å²) in [7, 11) is 0. The van der Waals surface area contributed by atoms with Crippen LogP contribution in [0, 0.1) is 0 Å². The third-order valence-corrected chi connectivity index (χ3v) is 4.04. The minimum Gasteiger partial charge on any atom is -0.289 e. The lowest BCUT2D eigenvalue weighted by Crippen LogP contribution is -1.95. The molecule has 0 radical (unpaired) electrons. The highest BCUT2D eigenvalue weighted by Crippen LogP contribution is 2.13. The summed E-state index contributed by atoms with van der Waals surface area (Å²) < 4.78 is 0. The second-order valence-corrected chi connectivity index (χ2v) is 6.04. The Labute approximate surface area is 147 Å². The van der Waals surface area contributed by atoms with Gasteiger partial charge in [-0.05, 0) is 41.3 Å². The highest BCUT2D eigenvalue weighted by atomic mass is 35.5. The first-order valence-corrected chi connectivity index (χ1v) is 8.19. The van der Waals surface area contributed by atoms with Gasteiger partial charge in [-0.2, -0.15) is 0 Å². The molecule has 3 aromatic carbocycles. The lowest BCUT2D eigenvalue weighted by atomic mass is 10.0. The van der Waals surface area contributed by atoms with E-state index >= 15 is 0 Å². The Kier molecular flexibility index (Phi) is 5.25. The third-order valence-electron chi connectivity index (χ3n) is 3.79. The summed E-state index contributed by atoms with van der Waals surface area (Å²) >= 11 is 5.85. The largest absolute Gasteiger partial charge is 0.289 e. The maximum absolute atomic E-state index is 12.2. The van der Waals surface area contributed by atoms with Crippen LogP contribution in [-0.2, 0) is 6.42 Å². The molecule has 3 aromatic rings. The zero-order valence-corrected chi connectivity index (χ0v) is 13.9. The molecule has 0 atom stereocenters. The molecule has 2 heteroatoms. The zero-order valence-electron chi connectivity index (χ0n) is 13.2. The molecular weight excluding hydrogens is 316 g/mol. The monoisotopic (exact) mass is 332 g/mol. The fraction of sp³-hybridized carbons (Fsp3) is 0.0455. The Morgan fingerprint density at radius 3 is 2.08 bits per heavy atom. The highest BCUT2D eigenvalue weighted by Gasteiger charge is 2.02. The van der Waals surface area contributed by atoms with Gasteiger partial charge in [0.2, 0.25) is 0 Å². The van der Waals surface area contributed by atoms with E-state index in [-0.39, 0.29) is 5.78 Å². The van der Waals surface area contributed by atoms with Crippen molar-refractivity contribution < 1.29 is 4.79 Å². The smallest absolute Gasteiger partial charge is 0.185 e. The number of hydrogen-bond acceptors (Lipinski definition) is 1. The molecule has 24 heavy (non-hydrogen) atoms. The molecule has 0 aromatic heterocycles. The summed E-state index contributed by atoms with van der Waals surface area (Å²) in [5.41, 5.74) is 4.10. The minimum absolute atomic E-state index is 0.00351. The van der Waals surface area contributed by atoms with Gasteiger partial charge in [-0.15, -0.1) is 0 Å². The van der Waals surface area contributed by atoms with Crippen molar-refractivity contribution in [1.82, 2.24) is 0 Å². The van der Waals surface area contributed by atoms with Crippen LogP contribution in [0.5, 0.6) is 0 Å². The van der Waals surface area contributed by atoms with Crippen molar-refractivity contribution in [3.63, 3.8) is 0 Å². The Morgan fingerprint density at radius 2 is 1.42 bits per heavy atom. The molecule has 0 bridgehead atoms. The van der Waals surface area contributed by atoms with Crippen LogP contribution in [0.3, 0.4) is 0 Å². The van der Waals surface area contributed by atoms with Gasteiger partial charge in [0, 0.05) is 10.6 Å². The molecule has 3 rings (SSSR count). The van der Waals surface area contributed by atoms with Crippen LogP contribution in [0.1, 0.15) is 27.0 Å². The lowest BCUT2D eigenvalue weighted by Gasteiger charge is -2.03. The van der Waals surface area contributed by atoms with Crippen LogP contribution in [0.4, 0.5) is 0 Å². The molecule has 0 unspecified atom stereocenters. The molecular formula is C22H17ClO. The first kappa shape index (κ1) is 16.2. The van der Waals surface area contributed by atoms with Gasteiger partial charge in [0.05, 0.1) is 0 Å². The van der Waals surface area contributed by atoms with Crippen molar-refractivity contribution in [1.29, 1.82) is 0 Å². The van der Waals surface area contributed by atoms with Crippen molar-refractivity contribution in [3.8, 4) is 0 Å². The summed E-state index contributed by atoms with van der Waals surface area (Å²) in [6.07, 6.45) is 4.27. The molecule has 1 nitrogen and oxygen atoms in total. The number of hydrogen-bond donors (Lipinski definition) is 0. The third kappa shape index (κ3) is 4.43. The van der Waals surface area contributed by atoms with E-state index in [2.05, 4.69) is 12.1 Å². The van der Waals surface area contributed by atoms with E-state index in [0.717, 1.165) is 12.0 Å². The van der Waals surface area contributed by atoms with Crippen molar-refractivity contribution in [3.05, 3.63) is 112 Å². The van der Waals surface area contributed by atoms with Gasteiger partial charge >= 0.3 is 0 Å². The number of carbonyl (C=O) groups excluding carboxylic acids is 1. The van der Waals surface area contributed by atoms with E-state index < -0.39 is 0 Å². The minimum atomic E-state index is -0.00351. The first-order chi connectivity index (χ1) is 11.7. The first-order valence-electron chi connectivity index (χ1n) is 7.81. The summed E-state index contributed by atoms with van der Waals surface area (Å²) in [6, 6.07) is 25.5. The van der Waals surface area contributed by atoms with Crippen LogP contribution >= 0.6 is 11.6 Å². The Bertz CT molecular complexity index is 831. The Balaban J connectivity index is 1.66. The van der Waals surface area contributed by atoms with Crippen LogP contribution in [0.15, 0.2) is 84.9 Å². The normalized spacial score (nSPS) is 10.9. The molecule has 118 valence electrons. The number of halogens is 1. The van der Waals surface area contributed by atoms with Crippen LogP contribution in [0.2, 0.25) is 5.02 Å². The van der Waals surface area contributed by atoms with Gasteiger partial charge in [0.25, 0.3) is 0 Å². The lowest BCUT2D eigenvalue weighted by molar-refractivity contribution is 0.104. The maximum atomic E-state index is 12.2. The number of benzene rings is 3. The second kappa shape index (κ2) is 7.76. The van der Waals surface area contributed by atoms with Crippen molar-refractivity contribution >= 4 is 23.5 Å². The SMILES string of the molecule is O=C(/C=C/c1ccc(Cl)cc1)c1ccc(Cc2ccccc2)cc1. The number of allylic oxidation sites excluding steroid dienone is 1. The molecule has 0 spiro atoms. The second-order valence-electron chi connectivity index (χ2n) is 5.61. The fourth-order valence-electron chi connectivity index (χ4n) is 2.46. The van der Waals surface area contributed by atoms with E-state index in [1.807, 2.05) is 66.7 Å². The van der Waals surface area contributed by atoms with E-state index in [1.54, 1.807) is 12.2 Å². The Hall–Kier alpha value is -2.64. The van der Waals surface area contributed by atoms with Crippen LogP contribution in [0.25, 0.3) is 6.08 Å². The number of ketones is 1. The summed E-state index contributed by atoms with van der Waals surface area (Å²) in [6.45, 7) is 0. The molecule has 0 heterocycles. The number of carbonyl (C=O) groups is 1. The summed E-state index contributed by atoms with van der Waals surface area (Å²) in [5.74, 6) is -0.00351. The average Bonchev–Trinajstić information content (AvgIpc) is 2.62. The van der Waals surface area contributed by atoms with Crippen molar-refractivity contribution in [2.24, 2.45) is 0 Å². The van der Waals surface area contributed by atoms with E-state index in [0.29, 0.717) is 10.6 Å². The van der Waals surface area contributed by atoms with Gasteiger partial charge in [-0.1, -0.05) is 84.4 Å². The topological polar surface area (TPSA) is 17.1 Å². The highest BCUT2D eigenvalue weighted by molar-refractivity contribution is 6.30. The summed E-state index contributed by atoms with van der Waals surface area (Å²) in [4.78, 5) is 12.2. The molecule has 0 amide bonds. The van der Waals surface area contributed by atoms with Crippen molar-refractivity contribution in [2.45, 2.75) is 6.42 Å². The van der Waals surface area contributed by atoms with Crippen LogP contribution < -0.4 is 0 Å². The zero-order chi connectivity index (χ0) is 16.8. The standard InChI is InChI=1S/C22H17ClO/c23-21-13-8-17(9-14-21)10-15-22(24)20-11-6-19(7-12-20)16-18-4-2-1-3-5-18/h1-15H,16H2/b15-10+. The van der Waals surface area contributed by atoms with Gasteiger partial charge in [0.15, 0.2) is 5.78 Å². The van der Waals surface area contributed by atoms with Gasteiger partial charge < -0.3 is 0 Å². The van der Waals surface area contributed by atoms with Gasteiger partial charge in [0.1, 0.15) is 0 Å². The van der Waals surface area contributed by atoms with E-state index in [1.165, 1.54) is 11.1 Å². The molecule has 0 aliphatic rings. The average molecular weight is 333 g/mol. The fourth-order valence-corrected chi connectivity index (χ4v) is 2.59. The molecule has 0 N–H and O–H groups in total. The van der Waals surface area contributed by atoms with Gasteiger partial charge in [-0.3, -0.25) is 4.79 Å². The summed E-state index contributed by atoms with van der Waals surface area (Å²) in [5, 5.41) is 0.687. The Morgan fingerprint density at radius 1 is 0.792 bits per heavy atom.